The van der Waals surface area contributed by atoms with Crippen molar-refractivity contribution in [1.29, 1.82) is 0 Å². The molecule has 0 radical (unpaired) electrons. The van der Waals surface area contributed by atoms with E-state index < -0.39 is 5.97 Å². The third-order valence-corrected chi connectivity index (χ3v) is 9.69. The molecule has 0 unspecified atom stereocenters. The molecule has 32 heavy (non-hydrogen) atoms. The molecule has 0 aliphatic heterocycles. The maximum Gasteiger partial charge on any atom is 0.303 e. The lowest BCUT2D eigenvalue weighted by Gasteiger charge is -2.56. The van der Waals surface area contributed by atoms with Crippen molar-refractivity contribution < 1.29 is 14.7 Å². The Morgan fingerprint density at radius 2 is 1.84 bits per heavy atom. The van der Waals surface area contributed by atoms with Crippen molar-refractivity contribution in [3.05, 3.63) is 23.8 Å². The van der Waals surface area contributed by atoms with Crippen LogP contribution in [-0.4, -0.2) is 16.9 Å². The molecule has 3 heteroatoms. The molecule has 3 aliphatic rings. The molecular formula is C29H46O3. The van der Waals surface area contributed by atoms with E-state index in [1.165, 1.54) is 24.8 Å². The number of carbonyl (C=O) groups excluding carboxylic acids is 1. The Kier molecular flexibility index (Phi) is 7.47. The van der Waals surface area contributed by atoms with Crippen LogP contribution in [0.3, 0.4) is 0 Å². The fourth-order valence-electron chi connectivity index (χ4n) is 8.15. The van der Waals surface area contributed by atoms with Crippen LogP contribution in [0.5, 0.6) is 0 Å². The van der Waals surface area contributed by atoms with E-state index in [0.29, 0.717) is 47.7 Å². The van der Waals surface area contributed by atoms with Crippen molar-refractivity contribution >= 4 is 11.8 Å². The highest BCUT2D eigenvalue weighted by Crippen LogP contribution is 2.66. The SMILES string of the molecule is C=C(C)[C@@H]1CC=C2[C@H](CC[C@@H]3[C@@H]([C@H](C)CC(=O)CC(C)C)CC[C@@]23C)[C@@]1(C)CCC(=O)O. The van der Waals surface area contributed by atoms with Gasteiger partial charge in [0.25, 0.3) is 0 Å². The number of carboxylic acids is 1. The molecule has 7 atom stereocenters. The first-order valence-corrected chi connectivity index (χ1v) is 13.0. The van der Waals surface area contributed by atoms with E-state index in [-0.39, 0.29) is 17.3 Å². The average molecular weight is 443 g/mol. The van der Waals surface area contributed by atoms with Gasteiger partial charge in [0.05, 0.1) is 0 Å². The standard InChI is InChI=1S/C29H46O3/c1-18(2)16-21(30)17-20(5)22-12-14-29(7)24(22)9-11-25-26(29)10-8-23(19(3)4)28(25,6)15-13-27(31)32/h10,18,20,22-25H,3,8-9,11-17H2,1-2,4-7H3,(H,31,32)/t20-,22-,23+,24-,25+,28+,29-/m1/s1. The zero-order chi connectivity index (χ0) is 23.8. The van der Waals surface area contributed by atoms with Gasteiger partial charge in [0, 0.05) is 19.3 Å². The van der Waals surface area contributed by atoms with E-state index in [1.807, 2.05) is 0 Å². The predicted molar refractivity (Wildman–Crippen MR) is 131 cm³/mol. The van der Waals surface area contributed by atoms with Gasteiger partial charge in [0.1, 0.15) is 5.78 Å². The Morgan fingerprint density at radius 1 is 1.16 bits per heavy atom. The van der Waals surface area contributed by atoms with Crippen LogP contribution in [0.2, 0.25) is 0 Å². The molecule has 0 bridgehead atoms. The summed E-state index contributed by atoms with van der Waals surface area (Å²) in [6, 6.07) is 0. The lowest BCUT2D eigenvalue weighted by molar-refractivity contribution is -0.138. The molecule has 2 saturated carbocycles. The zero-order valence-electron chi connectivity index (χ0n) is 21.4. The average Bonchev–Trinajstić information content (AvgIpc) is 3.03. The zero-order valence-corrected chi connectivity index (χ0v) is 21.4. The number of carboxylic acid groups (broad SMARTS) is 1. The molecule has 0 aromatic rings. The summed E-state index contributed by atoms with van der Waals surface area (Å²) < 4.78 is 0. The molecular weight excluding hydrogens is 396 g/mol. The van der Waals surface area contributed by atoms with Crippen LogP contribution in [0.1, 0.15) is 99.3 Å². The van der Waals surface area contributed by atoms with E-state index in [4.69, 9.17) is 0 Å². The Balaban J connectivity index is 1.84. The minimum atomic E-state index is -0.691. The molecule has 0 spiro atoms. The quantitative estimate of drug-likeness (QED) is 0.377. The Hall–Kier alpha value is -1.38. The smallest absolute Gasteiger partial charge is 0.303 e. The molecule has 180 valence electrons. The number of rotatable bonds is 9. The van der Waals surface area contributed by atoms with E-state index in [9.17, 15) is 14.7 Å². The van der Waals surface area contributed by atoms with Gasteiger partial charge in [0.15, 0.2) is 0 Å². The van der Waals surface area contributed by atoms with E-state index in [2.05, 4.69) is 54.2 Å². The van der Waals surface area contributed by atoms with Gasteiger partial charge in [-0.2, -0.15) is 0 Å². The van der Waals surface area contributed by atoms with Crippen LogP contribution in [-0.2, 0) is 9.59 Å². The van der Waals surface area contributed by atoms with Crippen LogP contribution >= 0.6 is 0 Å². The lowest BCUT2D eigenvalue weighted by atomic mass is 9.48. The van der Waals surface area contributed by atoms with Gasteiger partial charge < -0.3 is 5.11 Å². The van der Waals surface area contributed by atoms with Gasteiger partial charge in [-0.1, -0.05) is 58.4 Å². The molecule has 3 aliphatic carbocycles. The van der Waals surface area contributed by atoms with E-state index in [0.717, 1.165) is 25.7 Å². The van der Waals surface area contributed by atoms with E-state index in [1.54, 1.807) is 5.57 Å². The highest BCUT2D eigenvalue weighted by molar-refractivity contribution is 5.78. The van der Waals surface area contributed by atoms with Gasteiger partial charge in [-0.3, -0.25) is 9.59 Å². The fourth-order valence-corrected chi connectivity index (χ4v) is 8.15. The minimum absolute atomic E-state index is 0.0286. The molecule has 3 rings (SSSR count). The molecule has 0 amide bonds. The topological polar surface area (TPSA) is 54.4 Å². The number of hydrogen-bond acceptors (Lipinski definition) is 2. The summed E-state index contributed by atoms with van der Waals surface area (Å²) in [5.41, 5.74) is 2.98. The van der Waals surface area contributed by atoms with Crippen molar-refractivity contribution in [2.45, 2.75) is 99.3 Å². The van der Waals surface area contributed by atoms with Crippen LogP contribution in [0.25, 0.3) is 0 Å². The van der Waals surface area contributed by atoms with E-state index >= 15 is 0 Å². The molecule has 0 aromatic heterocycles. The first-order valence-electron chi connectivity index (χ1n) is 13.0. The summed E-state index contributed by atoms with van der Waals surface area (Å²) in [7, 11) is 0. The van der Waals surface area contributed by atoms with Crippen molar-refractivity contribution in [3.8, 4) is 0 Å². The van der Waals surface area contributed by atoms with Gasteiger partial charge in [-0.25, -0.2) is 0 Å². The Labute approximate surface area is 196 Å². The number of carbonyl (C=O) groups is 2. The number of ketones is 1. The van der Waals surface area contributed by atoms with Crippen LogP contribution in [0, 0.1) is 46.3 Å². The largest absolute Gasteiger partial charge is 0.481 e. The monoisotopic (exact) mass is 442 g/mol. The molecule has 2 fully saturated rings. The lowest BCUT2D eigenvalue weighted by Crippen LogP contribution is -2.48. The van der Waals surface area contributed by atoms with Gasteiger partial charge in [-0.15, -0.1) is 0 Å². The minimum Gasteiger partial charge on any atom is -0.481 e. The third kappa shape index (κ3) is 4.64. The van der Waals surface area contributed by atoms with Crippen LogP contribution < -0.4 is 0 Å². The van der Waals surface area contributed by atoms with Crippen LogP contribution in [0.4, 0.5) is 0 Å². The van der Waals surface area contributed by atoms with Crippen molar-refractivity contribution in [3.63, 3.8) is 0 Å². The fraction of sp³-hybridized carbons (Fsp3) is 0.793. The van der Waals surface area contributed by atoms with Gasteiger partial charge in [-0.05, 0) is 91.8 Å². The Morgan fingerprint density at radius 3 is 2.44 bits per heavy atom. The number of Topliss-reactive ketones (excluding diaryl/α,β-unsaturated/α-hetero) is 1. The van der Waals surface area contributed by atoms with Crippen molar-refractivity contribution in [2.24, 2.45) is 46.3 Å². The summed E-state index contributed by atoms with van der Waals surface area (Å²) in [5, 5.41) is 9.44. The third-order valence-electron chi connectivity index (χ3n) is 9.69. The summed E-state index contributed by atoms with van der Waals surface area (Å²) in [5.74, 6) is 2.72. The van der Waals surface area contributed by atoms with Gasteiger partial charge >= 0.3 is 5.97 Å². The second-order valence-electron chi connectivity index (χ2n) is 12.4. The Bertz CT molecular complexity index is 777. The number of hydrogen-bond donors (Lipinski definition) is 1. The maximum absolute atomic E-state index is 12.5. The van der Waals surface area contributed by atoms with Crippen LogP contribution in [0.15, 0.2) is 23.8 Å². The summed E-state index contributed by atoms with van der Waals surface area (Å²) in [6.07, 6.45) is 10.7. The van der Waals surface area contributed by atoms with Crippen molar-refractivity contribution in [1.82, 2.24) is 0 Å². The normalized spacial score (nSPS) is 37.4. The molecule has 1 N–H and O–H groups in total. The molecule has 0 heterocycles. The number of fused-ring (bicyclic) bond motifs is 3. The molecule has 0 aromatic carbocycles. The number of allylic oxidation sites excluding steroid dienone is 3. The van der Waals surface area contributed by atoms with Gasteiger partial charge in [0.2, 0.25) is 0 Å². The van der Waals surface area contributed by atoms with Crippen molar-refractivity contribution in [2.75, 3.05) is 0 Å². The highest BCUT2D eigenvalue weighted by atomic mass is 16.4. The maximum atomic E-state index is 12.5. The number of aliphatic carboxylic acids is 1. The summed E-state index contributed by atoms with van der Waals surface area (Å²) in [4.78, 5) is 24.0. The summed E-state index contributed by atoms with van der Waals surface area (Å²) in [6.45, 7) is 17.8. The first kappa shape index (κ1) is 25.2. The first-order chi connectivity index (χ1) is 14.9. The second-order valence-corrected chi connectivity index (χ2v) is 12.4. The second kappa shape index (κ2) is 9.47. The summed E-state index contributed by atoms with van der Waals surface area (Å²) >= 11 is 0. The predicted octanol–water partition coefficient (Wildman–Crippen LogP) is 7.46. The highest BCUT2D eigenvalue weighted by Gasteiger charge is 2.57. The molecule has 0 saturated heterocycles. The molecule has 3 nitrogen and oxygen atoms in total.